The highest BCUT2D eigenvalue weighted by Gasteiger charge is 2.08. The maximum atomic E-state index is 11.7. The molecule has 0 spiro atoms. The summed E-state index contributed by atoms with van der Waals surface area (Å²) in [6, 6.07) is 1.73. The number of carbonyl (C=O) groups excluding carboxylic acids is 1. The number of aromatic amines is 2. The van der Waals surface area contributed by atoms with Crippen LogP contribution in [0.5, 0.6) is 0 Å². The zero-order valence-corrected chi connectivity index (χ0v) is 10.3. The summed E-state index contributed by atoms with van der Waals surface area (Å²) in [6.07, 6.45) is 3.43. The van der Waals surface area contributed by atoms with E-state index in [0.29, 0.717) is 12.2 Å². The number of halogens is 1. The molecule has 6 heteroatoms. The van der Waals surface area contributed by atoms with Crippen LogP contribution < -0.4 is 5.32 Å². The first kappa shape index (κ1) is 10.9. The summed E-state index contributed by atoms with van der Waals surface area (Å²) in [5, 5.41) is 9.51. The molecule has 0 aliphatic heterocycles. The summed E-state index contributed by atoms with van der Waals surface area (Å²) in [5.41, 5.74) is 2.49. The molecule has 2 rings (SSSR count). The minimum Gasteiger partial charge on any atom is -0.356 e. The van der Waals surface area contributed by atoms with Crippen LogP contribution in [0.1, 0.15) is 21.7 Å². The Hall–Kier alpha value is -1.56. The lowest BCUT2D eigenvalue weighted by atomic mass is 10.2. The molecule has 5 nitrogen and oxygen atoms in total. The largest absolute Gasteiger partial charge is 0.356 e. The molecule has 2 heterocycles. The fourth-order valence-electron chi connectivity index (χ4n) is 1.32. The van der Waals surface area contributed by atoms with E-state index in [-0.39, 0.29) is 5.91 Å². The van der Waals surface area contributed by atoms with Gasteiger partial charge >= 0.3 is 0 Å². The van der Waals surface area contributed by atoms with Crippen molar-refractivity contribution in [2.24, 2.45) is 0 Å². The third-order valence-corrected chi connectivity index (χ3v) is 2.72. The van der Waals surface area contributed by atoms with Crippen LogP contribution in [0.3, 0.4) is 0 Å². The summed E-state index contributed by atoms with van der Waals surface area (Å²) in [5.74, 6) is -0.133. The maximum absolute atomic E-state index is 11.7. The molecule has 1 amide bonds. The van der Waals surface area contributed by atoms with E-state index in [2.05, 4.69) is 36.4 Å². The molecule has 3 N–H and O–H groups in total. The summed E-state index contributed by atoms with van der Waals surface area (Å²) in [4.78, 5) is 14.5. The first-order valence-corrected chi connectivity index (χ1v) is 5.57. The molecule has 0 unspecified atom stereocenters. The van der Waals surface area contributed by atoms with Crippen molar-refractivity contribution in [2.75, 3.05) is 0 Å². The Labute approximate surface area is 101 Å². The number of carbonyl (C=O) groups is 1. The molecule has 16 heavy (non-hydrogen) atoms. The number of hydrogen-bond donors (Lipinski definition) is 3. The van der Waals surface area contributed by atoms with Crippen LogP contribution in [-0.4, -0.2) is 21.1 Å². The second kappa shape index (κ2) is 4.52. The van der Waals surface area contributed by atoms with Crippen molar-refractivity contribution < 1.29 is 4.79 Å². The van der Waals surface area contributed by atoms with Crippen molar-refractivity contribution in [3.63, 3.8) is 0 Å². The van der Waals surface area contributed by atoms with Gasteiger partial charge in [-0.3, -0.25) is 9.89 Å². The predicted octanol–water partition coefficient (Wildman–Crippen LogP) is 1.74. The smallest absolute Gasteiger partial charge is 0.268 e. The zero-order valence-electron chi connectivity index (χ0n) is 8.67. The Bertz CT molecular complexity index is 502. The average Bonchev–Trinajstić information content (AvgIpc) is 2.84. The van der Waals surface area contributed by atoms with Gasteiger partial charge in [0, 0.05) is 28.5 Å². The van der Waals surface area contributed by atoms with Gasteiger partial charge in [-0.05, 0) is 28.9 Å². The molecule has 0 saturated heterocycles. The molecular formula is C10H11BrN4O. The second-order valence-corrected chi connectivity index (χ2v) is 4.35. The SMILES string of the molecule is Cc1[nH]ncc1CNC(=O)c1cc(Br)c[nH]1. The molecule has 0 aliphatic rings. The summed E-state index contributed by atoms with van der Waals surface area (Å²) in [6.45, 7) is 2.39. The summed E-state index contributed by atoms with van der Waals surface area (Å²) >= 11 is 3.28. The van der Waals surface area contributed by atoms with Gasteiger partial charge in [-0.15, -0.1) is 0 Å². The van der Waals surface area contributed by atoms with Gasteiger partial charge in [0.1, 0.15) is 5.69 Å². The molecule has 0 radical (unpaired) electrons. The van der Waals surface area contributed by atoms with Gasteiger partial charge in [0.25, 0.3) is 5.91 Å². The number of H-pyrrole nitrogens is 2. The van der Waals surface area contributed by atoms with Crippen molar-refractivity contribution in [1.29, 1.82) is 0 Å². The van der Waals surface area contributed by atoms with E-state index in [1.54, 1.807) is 18.5 Å². The zero-order chi connectivity index (χ0) is 11.5. The molecule has 84 valence electrons. The Morgan fingerprint density at radius 2 is 2.44 bits per heavy atom. The number of aryl methyl sites for hydroxylation is 1. The lowest BCUT2D eigenvalue weighted by Crippen LogP contribution is -2.23. The average molecular weight is 283 g/mol. The fraction of sp³-hybridized carbons (Fsp3) is 0.200. The van der Waals surface area contributed by atoms with Crippen molar-refractivity contribution in [3.05, 3.63) is 39.9 Å². The van der Waals surface area contributed by atoms with Crippen molar-refractivity contribution in [2.45, 2.75) is 13.5 Å². The molecule has 0 bridgehead atoms. The Balaban J connectivity index is 1.96. The van der Waals surface area contributed by atoms with Gasteiger partial charge in [-0.1, -0.05) is 0 Å². The van der Waals surface area contributed by atoms with E-state index in [4.69, 9.17) is 0 Å². The van der Waals surface area contributed by atoms with E-state index in [1.165, 1.54) is 0 Å². The Morgan fingerprint density at radius 1 is 1.62 bits per heavy atom. The van der Waals surface area contributed by atoms with Crippen LogP contribution in [0.15, 0.2) is 22.9 Å². The highest BCUT2D eigenvalue weighted by molar-refractivity contribution is 9.10. The van der Waals surface area contributed by atoms with Crippen LogP contribution in [-0.2, 0) is 6.54 Å². The van der Waals surface area contributed by atoms with Crippen LogP contribution in [0.2, 0.25) is 0 Å². The van der Waals surface area contributed by atoms with Gasteiger partial charge in [-0.2, -0.15) is 5.10 Å². The van der Waals surface area contributed by atoms with Gasteiger partial charge in [0.2, 0.25) is 0 Å². The van der Waals surface area contributed by atoms with Crippen LogP contribution in [0.25, 0.3) is 0 Å². The van der Waals surface area contributed by atoms with E-state index >= 15 is 0 Å². The van der Waals surface area contributed by atoms with Crippen molar-refractivity contribution in [1.82, 2.24) is 20.5 Å². The third kappa shape index (κ3) is 2.33. The normalized spacial score (nSPS) is 10.4. The number of hydrogen-bond acceptors (Lipinski definition) is 2. The van der Waals surface area contributed by atoms with Gasteiger partial charge in [0.05, 0.1) is 6.20 Å². The minimum absolute atomic E-state index is 0.133. The quantitative estimate of drug-likeness (QED) is 0.802. The number of rotatable bonds is 3. The number of aromatic nitrogens is 3. The van der Waals surface area contributed by atoms with E-state index in [0.717, 1.165) is 15.7 Å². The van der Waals surface area contributed by atoms with Gasteiger partial charge in [-0.25, -0.2) is 0 Å². The van der Waals surface area contributed by atoms with E-state index < -0.39 is 0 Å². The third-order valence-electron chi connectivity index (χ3n) is 2.27. The molecule has 0 atom stereocenters. The molecule has 2 aromatic rings. The van der Waals surface area contributed by atoms with Crippen molar-refractivity contribution in [3.8, 4) is 0 Å². The molecule has 2 aromatic heterocycles. The standard InChI is InChI=1S/C10H11BrN4O/c1-6-7(4-14-15-6)3-13-10(16)9-2-8(11)5-12-9/h2,4-5,12H,3H2,1H3,(H,13,16)(H,14,15). The number of nitrogens with one attached hydrogen (secondary N) is 3. The highest BCUT2D eigenvalue weighted by Crippen LogP contribution is 2.10. The number of nitrogens with zero attached hydrogens (tertiary/aromatic N) is 1. The highest BCUT2D eigenvalue weighted by atomic mass is 79.9. The second-order valence-electron chi connectivity index (χ2n) is 3.43. The fourth-order valence-corrected chi connectivity index (χ4v) is 1.67. The van der Waals surface area contributed by atoms with E-state index in [9.17, 15) is 4.79 Å². The molecule has 0 aromatic carbocycles. The molecular weight excluding hydrogens is 272 g/mol. The molecule has 0 fully saturated rings. The van der Waals surface area contributed by atoms with Gasteiger partial charge < -0.3 is 10.3 Å². The lowest BCUT2D eigenvalue weighted by Gasteiger charge is -2.02. The number of amides is 1. The molecule has 0 saturated carbocycles. The van der Waals surface area contributed by atoms with E-state index in [1.807, 2.05) is 6.92 Å². The Morgan fingerprint density at radius 3 is 3.00 bits per heavy atom. The first-order chi connectivity index (χ1) is 7.66. The van der Waals surface area contributed by atoms with Crippen molar-refractivity contribution >= 4 is 21.8 Å². The van der Waals surface area contributed by atoms with Crippen LogP contribution in [0, 0.1) is 6.92 Å². The predicted molar refractivity (Wildman–Crippen MR) is 63.0 cm³/mol. The Kier molecular flexibility index (Phi) is 3.09. The lowest BCUT2D eigenvalue weighted by molar-refractivity contribution is 0.0946. The monoisotopic (exact) mass is 282 g/mol. The summed E-state index contributed by atoms with van der Waals surface area (Å²) in [7, 11) is 0. The summed E-state index contributed by atoms with van der Waals surface area (Å²) < 4.78 is 0.858. The first-order valence-electron chi connectivity index (χ1n) is 4.78. The van der Waals surface area contributed by atoms with Crippen LogP contribution >= 0.6 is 15.9 Å². The minimum atomic E-state index is -0.133. The van der Waals surface area contributed by atoms with Crippen LogP contribution in [0.4, 0.5) is 0 Å². The topological polar surface area (TPSA) is 73.6 Å². The van der Waals surface area contributed by atoms with Gasteiger partial charge in [0.15, 0.2) is 0 Å². The maximum Gasteiger partial charge on any atom is 0.268 e. The molecule has 0 aliphatic carbocycles.